The summed E-state index contributed by atoms with van der Waals surface area (Å²) in [5.74, 6) is 0.703. The third kappa shape index (κ3) is 2.92. The molecule has 0 unspecified atom stereocenters. The molecule has 0 aromatic rings. The van der Waals surface area contributed by atoms with Crippen LogP contribution >= 0.6 is 0 Å². The minimum Gasteiger partial charge on any atom is -0.394 e. The molecular formula is C11H21N3O. The Bertz CT molecular complexity index is 232. The molecule has 0 amide bonds. The van der Waals surface area contributed by atoms with Crippen LogP contribution in [-0.4, -0.2) is 62.4 Å². The molecule has 0 aliphatic carbocycles. The molecule has 0 N–H and O–H groups in total. The Morgan fingerprint density at radius 1 is 1.40 bits per heavy atom. The van der Waals surface area contributed by atoms with E-state index < -0.39 is 0 Å². The molecule has 15 heavy (non-hydrogen) atoms. The van der Waals surface area contributed by atoms with Crippen LogP contribution in [0.15, 0.2) is 5.16 Å². The Morgan fingerprint density at radius 3 is 2.67 bits per heavy atom. The fraction of sp³-hybridized carbons (Fsp3) is 0.909. The zero-order valence-electron chi connectivity index (χ0n) is 9.78. The predicted octanol–water partition coefficient (Wildman–Crippen LogP) is 0.646. The third-order valence-electron chi connectivity index (χ3n) is 3.26. The van der Waals surface area contributed by atoms with E-state index >= 15 is 0 Å². The monoisotopic (exact) mass is 211 g/mol. The average molecular weight is 211 g/mol. The second-order valence-corrected chi connectivity index (χ2v) is 4.77. The van der Waals surface area contributed by atoms with E-state index in [1.54, 1.807) is 0 Å². The van der Waals surface area contributed by atoms with Gasteiger partial charge in [0, 0.05) is 19.0 Å². The molecule has 3 aliphatic rings. The summed E-state index contributed by atoms with van der Waals surface area (Å²) in [6.45, 7) is 5.17. The van der Waals surface area contributed by atoms with Crippen molar-refractivity contribution in [2.24, 2.45) is 11.1 Å². The van der Waals surface area contributed by atoms with E-state index in [0.29, 0.717) is 12.5 Å². The van der Waals surface area contributed by atoms with Gasteiger partial charge in [0.05, 0.1) is 5.71 Å². The molecule has 86 valence electrons. The van der Waals surface area contributed by atoms with Gasteiger partial charge in [-0.25, -0.2) is 0 Å². The maximum atomic E-state index is 5.36. The first-order valence-electron chi connectivity index (χ1n) is 5.81. The van der Waals surface area contributed by atoms with Crippen LogP contribution < -0.4 is 0 Å². The summed E-state index contributed by atoms with van der Waals surface area (Å²) >= 11 is 0. The lowest BCUT2D eigenvalue weighted by Crippen LogP contribution is -2.48. The van der Waals surface area contributed by atoms with Crippen molar-refractivity contribution >= 4 is 5.71 Å². The van der Waals surface area contributed by atoms with E-state index in [1.165, 1.54) is 31.6 Å². The van der Waals surface area contributed by atoms with Gasteiger partial charge in [-0.2, -0.15) is 0 Å². The summed E-state index contributed by atoms with van der Waals surface area (Å²) < 4.78 is 0. The molecule has 3 fully saturated rings. The Labute approximate surface area is 91.9 Å². The van der Waals surface area contributed by atoms with Crippen molar-refractivity contribution in [1.29, 1.82) is 0 Å². The van der Waals surface area contributed by atoms with E-state index in [-0.39, 0.29) is 0 Å². The van der Waals surface area contributed by atoms with Crippen molar-refractivity contribution in [3.63, 3.8) is 0 Å². The topological polar surface area (TPSA) is 28.1 Å². The average Bonchev–Trinajstić information content (AvgIpc) is 2.26. The van der Waals surface area contributed by atoms with Gasteiger partial charge in [-0.3, -0.25) is 4.90 Å². The number of hydrogen-bond donors (Lipinski definition) is 0. The molecular weight excluding hydrogens is 190 g/mol. The van der Waals surface area contributed by atoms with Crippen LogP contribution in [0.25, 0.3) is 0 Å². The first kappa shape index (κ1) is 10.9. The quantitative estimate of drug-likeness (QED) is 0.505. The maximum absolute atomic E-state index is 5.36. The van der Waals surface area contributed by atoms with Crippen LogP contribution in [-0.2, 0) is 4.84 Å². The first-order chi connectivity index (χ1) is 7.25. The fourth-order valence-electron chi connectivity index (χ4n) is 2.24. The third-order valence-corrected chi connectivity index (χ3v) is 3.26. The van der Waals surface area contributed by atoms with Crippen molar-refractivity contribution < 1.29 is 4.84 Å². The molecule has 3 saturated heterocycles. The molecule has 4 nitrogen and oxygen atoms in total. The molecule has 4 heteroatoms. The van der Waals surface area contributed by atoms with E-state index in [0.717, 1.165) is 13.1 Å². The zero-order valence-corrected chi connectivity index (χ0v) is 9.78. The highest BCUT2D eigenvalue weighted by atomic mass is 16.6. The highest BCUT2D eigenvalue weighted by molar-refractivity contribution is 5.89. The van der Waals surface area contributed by atoms with E-state index in [2.05, 4.69) is 15.0 Å². The van der Waals surface area contributed by atoms with E-state index in [4.69, 9.17) is 4.84 Å². The molecule has 3 aliphatic heterocycles. The van der Waals surface area contributed by atoms with Crippen LogP contribution in [0, 0.1) is 5.92 Å². The summed E-state index contributed by atoms with van der Waals surface area (Å²) in [6, 6.07) is 0. The van der Waals surface area contributed by atoms with E-state index in [1.807, 2.05) is 14.1 Å². The van der Waals surface area contributed by atoms with Gasteiger partial charge in [0.15, 0.2) is 0 Å². The van der Waals surface area contributed by atoms with Gasteiger partial charge in [0.25, 0.3) is 0 Å². The Hall–Kier alpha value is -0.610. The molecule has 3 rings (SSSR count). The summed E-state index contributed by atoms with van der Waals surface area (Å²) in [6.07, 6.45) is 2.55. The number of fused-ring (bicyclic) bond motifs is 3. The minimum atomic E-state index is 0.698. The molecule has 2 bridgehead atoms. The smallest absolute Gasteiger partial charge is 0.129 e. The lowest BCUT2D eigenvalue weighted by Gasteiger charge is -2.39. The Kier molecular flexibility index (Phi) is 3.59. The first-order valence-corrected chi connectivity index (χ1v) is 5.81. The largest absolute Gasteiger partial charge is 0.394 e. The standard InChI is InChI=1S/C11H21N3O/c1-13(2)7-8-15-12-11-9-14-5-3-10(11)4-6-14/h10H,3-9H2,1-2H3/b12-11-. The van der Waals surface area contributed by atoms with Crippen molar-refractivity contribution in [3.05, 3.63) is 0 Å². The number of nitrogens with zero attached hydrogens (tertiary/aromatic N) is 3. The number of rotatable bonds is 4. The van der Waals surface area contributed by atoms with Crippen molar-refractivity contribution in [1.82, 2.24) is 9.80 Å². The Balaban J connectivity index is 1.76. The van der Waals surface area contributed by atoms with Gasteiger partial charge >= 0.3 is 0 Å². The SMILES string of the molecule is CN(C)CCO/N=C1/CN2CCC1CC2. The van der Waals surface area contributed by atoms with Crippen molar-refractivity contribution in [2.45, 2.75) is 12.8 Å². The van der Waals surface area contributed by atoms with Gasteiger partial charge in [0.2, 0.25) is 0 Å². The summed E-state index contributed by atoms with van der Waals surface area (Å²) in [5.41, 5.74) is 1.27. The lowest BCUT2D eigenvalue weighted by molar-refractivity contribution is 0.115. The predicted molar refractivity (Wildman–Crippen MR) is 61.1 cm³/mol. The van der Waals surface area contributed by atoms with Crippen molar-refractivity contribution in [2.75, 3.05) is 46.9 Å². The minimum absolute atomic E-state index is 0.698. The number of likely N-dealkylation sites (N-methyl/N-ethyl adjacent to an activating group) is 1. The van der Waals surface area contributed by atoms with Crippen LogP contribution in [0.2, 0.25) is 0 Å². The van der Waals surface area contributed by atoms with Crippen LogP contribution in [0.3, 0.4) is 0 Å². The highest BCUT2D eigenvalue weighted by Crippen LogP contribution is 2.25. The maximum Gasteiger partial charge on any atom is 0.129 e. The molecule has 0 saturated carbocycles. The highest BCUT2D eigenvalue weighted by Gasteiger charge is 2.31. The molecule has 0 aromatic heterocycles. The molecule has 3 heterocycles. The van der Waals surface area contributed by atoms with Crippen LogP contribution in [0.5, 0.6) is 0 Å². The van der Waals surface area contributed by atoms with E-state index in [9.17, 15) is 0 Å². The number of oxime groups is 1. The normalized spacial score (nSPS) is 32.6. The lowest BCUT2D eigenvalue weighted by atomic mass is 9.87. The van der Waals surface area contributed by atoms with Gasteiger partial charge in [-0.1, -0.05) is 5.16 Å². The second kappa shape index (κ2) is 4.94. The summed E-state index contributed by atoms with van der Waals surface area (Å²) in [4.78, 5) is 9.93. The van der Waals surface area contributed by atoms with Gasteiger partial charge in [0.1, 0.15) is 6.61 Å². The van der Waals surface area contributed by atoms with Crippen molar-refractivity contribution in [3.8, 4) is 0 Å². The fourth-order valence-corrected chi connectivity index (χ4v) is 2.24. The van der Waals surface area contributed by atoms with Gasteiger partial charge in [-0.15, -0.1) is 0 Å². The summed E-state index contributed by atoms with van der Waals surface area (Å²) in [5, 5.41) is 4.29. The summed E-state index contributed by atoms with van der Waals surface area (Å²) in [7, 11) is 4.09. The molecule has 0 radical (unpaired) electrons. The zero-order chi connectivity index (χ0) is 10.7. The molecule has 0 aromatic carbocycles. The molecule has 0 spiro atoms. The number of piperidine rings is 3. The molecule has 0 atom stereocenters. The Morgan fingerprint density at radius 2 is 2.13 bits per heavy atom. The van der Waals surface area contributed by atoms with Gasteiger partial charge in [-0.05, 0) is 40.0 Å². The number of hydrogen-bond acceptors (Lipinski definition) is 4. The van der Waals surface area contributed by atoms with Gasteiger partial charge < -0.3 is 9.74 Å². The van der Waals surface area contributed by atoms with Crippen LogP contribution in [0.4, 0.5) is 0 Å². The second-order valence-electron chi connectivity index (χ2n) is 4.77. The van der Waals surface area contributed by atoms with Crippen LogP contribution in [0.1, 0.15) is 12.8 Å².